The van der Waals surface area contributed by atoms with Gasteiger partial charge >= 0.3 is 6.18 Å². The summed E-state index contributed by atoms with van der Waals surface area (Å²) in [6, 6.07) is 4.65. The van der Waals surface area contributed by atoms with E-state index in [1.54, 1.807) is 0 Å². The highest BCUT2D eigenvalue weighted by atomic mass is 19.4. The molecule has 2 N–H and O–H groups in total. The Hall–Kier alpha value is -2.97. The third-order valence-electron chi connectivity index (χ3n) is 3.25. The maximum absolute atomic E-state index is 12.7. The lowest BCUT2D eigenvalue weighted by atomic mass is 10.1. The molecule has 0 spiro atoms. The van der Waals surface area contributed by atoms with Gasteiger partial charge in [-0.1, -0.05) is 12.1 Å². The van der Waals surface area contributed by atoms with Gasteiger partial charge in [0.15, 0.2) is 11.2 Å². The highest BCUT2D eigenvalue weighted by Gasteiger charge is 2.30. The van der Waals surface area contributed by atoms with E-state index in [1.807, 2.05) is 13.8 Å². The molecule has 3 aromatic rings. The SMILES string of the molecule is CC(C)Oc1nc(N)nc2ncc(-c3ccc(C(F)(F)F)cc3)nc12. The lowest BCUT2D eigenvalue weighted by Gasteiger charge is -2.11. The summed E-state index contributed by atoms with van der Waals surface area (Å²) < 4.78 is 43.6. The Morgan fingerprint density at radius 3 is 2.32 bits per heavy atom. The molecule has 6 nitrogen and oxygen atoms in total. The first-order valence-corrected chi connectivity index (χ1v) is 7.38. The van der Waals surface area contributed by atoms with Crippen LogP contribution in [0.1, 0.15) is 19.4 Å². The number of hydrogen-bond donors (Lipinski definition) is 1. The van der Waals surface area contributed by atoms with E-state index >= 15 is 0 Å². The molecule has 0 bridgehead atoms. The predicted octanol–water partition coefficient (Wildman–Crippen LogP) is 3.48. The van der Waals surface area contributed by atoms with Gasteiger partial charge in [-0.3, -0.25) is 0 Å². The molecule has 0 radical (unpaired) electrons. The van der Waals surface area contributed by atoms with E-state index < -0.39 is 11.7 Å². The van der Waals surface area contributed by atoms with Crippen molar-refractivity contribution >= 4 is 17.1 Å². The van der Waals surface area contributed by atoms with Crippen molar-refractivity contribution in [1.29, 1.82) is 0 Å². The van der Waals surface area contributed by atoms with Crippen LogP contribution in [0.2, 0.25) is 0 Å². The fourth-order valence-electron chi connectivity index (χ4n) is 2.17. The van der Waals surface area contributed by atoms with Crippen LogP contribution in [0.25, 0.3) is 22.4 Å². The molecular formula is C16H14F3N5O. The van der Waals surface area contributed by atoms with Crippen molar-refractivity contribution in [3.05, 3.63) is 36.0 Å². The van der Waals surface area contributed by atoms with Gasteiger partial charge in [-0.25, -0.2) is 9.97 Å². The van der Waals surface area contributed by atoms with Crippen LogP contribution < -0.4 is 10.5 Å². The zero-order valence-electron chi connectivity index (χ0n) is 13.4. The number of hydrogen-bond acceptors (Lipinski definition) is 6. The maximum Gasteiger partial charge on any atom is 0.416 e. The zero-order chi connectivity index (χ0) is 18.2. The van der Waals surface area contributed by atoms with Crippen LogP contribution in [-0.2, 0) is 6.18 Å². The van der Waals surface area contributed by atoms with Gasteiger partial charge in [0.1, 0.15) is 0 Å². The summed E-state index contributed by atoms with van der Waals surface area (Å²) in [5.74, 6) is 0.179. The number of nitrogens with zero attached hydrogens (tertiary/aromatic N) is 4. The van der Waals surface area contributed by atoms with Crippen molar-refractivity contribution in [2.75, 3.05) is 5.73 Å². The first-order valence-electron chi connectivity index (χ1n) is 7.38. The molecule has 0 amide bonds. The van der Waals surface area contributed by atoms with Crippen LogP contribution in [0, 0.1) is 0 Å². The standard InChI is InChI=1S/C16H14F3N5O/c1-8(2)25-14-12-13(23-15(20)24-14)21-7-11(22-12)9-3-5-10(6-4-9)16(17,18)19/h3-8H,1-2H3,(H2,20,21,23,24). The van der Waals surface area contributed by atoms with Gasteiger partial charge in [-0.15, -0.1) is 0 Å². The Bertz CT molecular complexity index is 910. The first kappa shape index (κ1) is 16.9. The zero-order valence-corrected chi connectivity index (χ0v) is 13.4. The van der Waals surface area contributed by atoms with E-state index in [4.69, 9.17) is 10.5 Å². The van der Waals surface area contributed by atoms with E-state index in [2.05, 4.69) is 19.9 Å². The van der Waals surface area contributed by atoms with Crippen LogP contribution >= 0.6 is 0 Å². The number of fused-ring (bicyclic) bond motifs is 1. The number of alkyl halides is 3. The Balaban J connectivity index is 2.07. The van der Waals surface area contributed by atoms with Crippen LogP contribution in [0.15, 0.2) is 30.5 Å². The third kappa shape index (κ3) is 3.59. The fraction of sp³-hybridized carbons (Fsp3) is 0.250. The number of rotatable bonds is 3. The van der Waals surface area contributed by atoms with E-state index in [0.717, 1.165) is 12.1 Å². The number of benzene rings is 1. The molecule has 0 atom stereocenters. The Labute approximate surface area is 140 Å². The Morgan fingerprint density at radius 2 is 1.72 bits per heavy atom. The smallest absolute Gasteiger partial charge is 0.416 e. The second-order valence-corrected chi connectivity index (χ2v) is 5.56. The second kappa shape index (κ2) is 6.15. The monoisotopic (exact) mass is 349 g/mol. The molecule has 0 fully saturated rings. The van der Waals surface area contributed by atoms with Crippen LogP contribution in [0.5, 0.6) is 5.88 Å². The van der Waals surface area contributed by atoms with E-state index in [0.29, 0.717) is 16.8 Å². The van der Waals surface area contributed by atoms with Crippen LogP contribution in [0.4, 0.5) is 19.1 Å². The first-order chi connectivity index (χ1) is 11.7. The van der Waals surface area contributed by atoms with Crippen LogP contribution in [0.3, 0.4) is 0 Å². The molecule has 0 aliphatic heterocycles. The minimum Gasteiger partial charge on any atom is -0.473 e. The van der Waals surface area contributed by atoms with Gasteiger partial charge in [0.2, 0.25) is 11.8 Å². The van der Waals surface area contributed by atoms with Gasteiger partial charge in [0.05, 0.1) is 23.6 Å². The summed E-state index contributed by atoms with van der Waals surface area (Å²) in [7, 11) is 0. The average molecular weight is 349 g/mol. The molecule has 9 heteroatoms. The largest absolute Gasteiger partial charge is 0.473 e. The predicted molar refractivity (Wildman–Crippen MR) is 85.7 cm³/mol. The lowest BCUT2D eigenvalue weighted by molar-refractivity contribution is -0.137. The number of ether oxygens (including phenoxy) is 1. The summed E-state index contributed by atoms with van der Waals surface area (Å²) in [6.07, 6.45) is -3.15. The molecule has 2 aromatic heterocycles. The number of nitrogen functional groups attached to an aromatic ring is 1. The molecule has 2 heterocycles. The topological polar surface area (TPSA) is 86.8 Å². The molecule has 0 aliphatic rings. The molecule has 0 saturated carbocycles. The molecule has 130 valence electrons. The van der Waals surface area contributed by atoms with Gasteiger partial charge < -0.3 is 10.5 Å². The summed E-state index contributed by atoms with van der Waals surface area (Å²) in [5.41, 5.74) is 6.30. The van der Waals surface area contributed by atoms with Gasteiger partial charge in [-0.2, -0.15) is 23.1 Å². The normalized spacial score (nSPS) is 11.9. The van der Waals surface area contributed by atoms with Gasteiger partial charge in [-0.05, 0) is 26.0 Å². The molecule has 25 heavy (non-hydrogen) atoms. The number of nitrogens with two attached hydrogens (primary N) is 1. The third-order valence-corrected chi connectivity index (χ3v) is 3.25. The van der Waals surface area contributed by atoms with E-state index in [9.17, 15) is 13.2 Å². The summed E-state index contributed by atoms with van der Waals surface area (Å²) in [4.78, 5) is 16.5. The van der Waals surface area contributed by atoms with E-state index in [1.165, 1.54) is 18.3 Å². The van der Waals surface area contributed by atoms with Crippen molar-refractivity contribution in [2.24, 2.45) is 0 Å². The Morgan fingerprint density at radius 1 is 1.04 bits per heavy atom. The molecule has 3 rings (SSSR count). The number of aromatic nitrogens is 4. The summed E-state index contributed by atoms with van der Waals surface area (Å²) in [5, 5.41) is 0. The highest BCUT2D eigenvalue weighted by Crippen LogP contribution is 2.31. The summed E-state index contributed by atoms with van der Waals surface area (Å²) in [6.45, 7) is 3.63. The number of halogens is 3. The summed E-state index contributed by atoms with van der Waals surface area (Å²) >= 11 is 0. The van der Waals surface area contributed by atoms with Crippen molar-refractivity contribution < 1.29 is 17.9 Å². The minimum absolute atomic E-state index is 0.000250. The Kier molecular flexibility index (Phi) is 4.15. The maximum atomic E-state index is 12.7. The van der Waals surface area contributed by atoms with Crippen molar-refractivity contribution in [2.45, 2.75) is 26.1 Å². The molecule has 1 aromatic carbocycles. The second-order valence-electron chi connectivity index (χ2n) is 5.56. The van der Waals surface area contributed by atoms with Gasteiger partial charge in [0, 0.05) is 5.56 Å². The molecular weight excluding hydrogens is 335 g/mol. The fourth-order valence-corrected chi connectivity index (χ4v) is 2.17. The molecule has 0 aliphatic carbocycles. The quantitative estimate of drug-likeness (QED) is 0.779. The molecule has 0 unspecified atom stereocenters. The van der Waals surface area contributed by atoms with Crippen molar-refractivity contribution in [3.63, 3.8) is 0 Å². The van der Waals surface area contributed by atoms with Crippen LogP contribution in [-0.4, -0.2) is 26.0 Å². The molecule has 0 saturated heterocycles. The lowest BCUT2D eigenvalue weighted by Crippen LogP contribution is -2.10. The highest BCUT2D eigenvalue weighted by molar-refractivity contribution is 5.79. The van der Waals surface area contributed by atoms with Crippen molar-refractivity contribution in [1.82, 2.24) is 19.9 Å². The number of anilines is 1. The van der Waals surface area contributed by atoms with Crippen molar-refractivity contribution in [3.8, 4) is 17.1 Å². The van der Waals surface area contributed by atoms with E-state index in [-0.39, 0.29) is 23.6 Å². The minimum atomic E-state index is -4.39. The average Bonchev–Trinajstić information content (AvgIpc) is 2.53. The van der Waals surface area contributed by atoms with Gasteiger partial charge in [0.25, 0.3) is 0 Å².